The Morgan fingerprint density at radius 1 is 0.892 bits per heavy atom. The van der Waals surface area contributed by atoms with E-state index in [1.807, 2.05) is 0 Å². The molecule has 2 aromatic carbocycles. The molecule has 2 heterocycles. The summed E-state index contributed by atoms with van der Waals surface area (Å²) in [5.74, 6) is 1.45. The molecule has 1 aliphatic heterocycles. The Morgan fingerprint density at radius 2 is 1.57 bits per heavy atom. The number of rotatable bonds is 9. The number of piperazine rings is 1. The number of pyridine rings is 1. The number of ether oxygens (including phenoxy) is 1. The van der Waals surface area contributed by atoms with Crippen molar-refractivity contribution in [3.05, 3.63) is 81.5 Å². The fourth-order valence-electron chi connectivity index (χ4n) is 5.33. The molecule has 0 amide bonds. The van der Waals surface area contributed by atoms with Gasteiger partial charge in [-0.25, -0.2) is 0 Å². The van der Waals surface area contributed by atoms with E-state index in [2.05, 4.69) is 101 Å². The molecule has 0 atom stereocenters. The second kappa shape index (κ2) is 12.2. The molecule has 0 N–H and O–H groups in total. The molecule has 198 valence electrons. The van der Waals surface area contributed by atoms with Crippen molar-refractivity contribution in [2.24, 2.45) is 0 Å². The van der Waals surface area contributed by atoms with E-state index < -0.39 is 0 Å². The molecule has 3 aromatic rings. The number of likely N-dealkylation sites (N-methyl/N-ethyl adjacent to an activating group) is 1. The Hall–Kier alpha value is -2.69. The number of aryl methyl sites for hydroxylation is 4. The lowest BCUT2D eigenvalue weighted by Crippen LogP contribution is -2.44. The van der Waals surface area contributed by atoms with Crippen molar-refractivity contribution in [2.75, 3.05) is 33.2 Å². The normalized spacial score (nSPS) is 14.9. The van der Waals surface area contributed by atoms with Crippen LogP contribution in [0.15, 0.2) is 42.5 Å². The van der Waals surface area contributed by atoms with E-state index in [9.17, 15) is 0 Å². The third-order valence-corrected chi connectivity index (χ3v) is 7.92. The molecule has 0 unspecified atom stereocenters. The summed E-state index contributed by atoms with van der Waals surface area (Å²) in [4.78, 5) is 10.2. The molecule has 0 saturated carbocycles. The van der Waals surface area contributed by atoms with Crippen molar-refractivity contribution in [1.82, 2.24) is 14.8 Å². The minimum absolute atomic E-state index is 0.477. The van der Waals surface area contributed by atoms with Gasteiger partial charge < -0.3 is 9.64 Å². The first-order valence-electron chi connectivity index (χ1n) is 14.0. The maximum absolute atomic E-state index is 6.51. The third kappa shape index (κ3) is 6.42. The largest absolute Gasteiger partial charge is 0.489 e. The highest BCUT2D eigenvalue weighted by molar-refractivity contribution is 5.69. The fraction of sp³-hybridized carbons (Fsp3) is 0.485. The van der Waals surface area contributed by atoms with Gasteiger partial charge in [-0.15, -0.1) is 0 Å². The van der Waals surface area contributed by atoms with E-state index in [-0.39, 0.29) is 0 Å². The molecular weight excluding hydrogens is 454 g/mol. The van der Waals surface area contributed by atoms with Crippen molar-refractivity contribution in [2.45, 2.75) is 73.5 Å². The number of hydrogen-bond acceptors (Lipinski definition) is 4. The van der Waals surface area contributed by atoms with Crippen molar-refractivity contribution in [1.29, 1.82) is 0 Å². The molecule has 1 aliphatic rings. The van der Waals surface area contributed by atoms with Crippen molar-refractivity contribution in [3.63, 3.8) is 0 Å². The molecule has 4 rings (SSSR count). The Balaban J connectivity index is 1.73. The smallest absolute Gasteiger partial charge is 0.123 e. The van der Waals surface area contributed by atoms with Gasteiger partial charge >= 0.3 is 0 Å². The predicted octanol–water partition coefficient (Wildman–Crippen LogP) is 6.94. The molecule has 1 fully saturated rings. The van der Waals surface area contributed by atoms with Crippen LogP contribution in [-0.2, 0) is 26.0 Å². The van der Waals surface area contributed by atoms with Gasteiger partial charge in [-0.2, -0.15) is 0 Å². The van der Waals surface area contributed by atoms with Crippen LogP contribution in [0, 0.1) is 13.8 Å². The summed E-state index contributed by atoms with van der Waals surface area (Å²) in [6.45, 7) is 19.1. The number of hydrogen-bond donors (Lipinski definition) is 0. The molecular formula is C33H45N3O. The second-order valence-corrected chi connectivity index (χ2v) is 10.9. The molecule has 4 nitrogen and oxygen atoms in total. The van der Waals surface area contributed by atoms with Gasteiger partial charge in [0.05, 0.1) is 5.69 Å². The van der Waals surface area contributed by atoms with Crippen LogP contribution < -0.4 is 4.74 Å². The number of benzene rings is 2. The van der Waals surface area contributed by atoms with E-state index in [0.717, 1.165) is 62.7 Å². The monoisotopic (exact) mass is 499 g/mol. The highest BCUT2D eigenvalue weighted by Crippen LogP contribution is 2.32. The van der Waals surface area contributed by atoms with Crippen LogP contribution in [0.4, 0.5) is 0 Å². The van der Waals surface area contributed by atoms with Crippen LogP contribution in [0.1, 0.15) is 72.7 Å². The predicted molar refractivity (Wildman–Crippen MR) is 156 cm³/mol. The fourth-order valence-corrected chi connectivity index (χ4v) is 5.33. The van der Waals surface area contributed by atoms with Crippen molar-refractivity contribution >= 4 is 0 Å². The van der Waals surface area contributed by atoms with E-state index in [1.54, 1.807) is 0 Å². The lowest BCUT2D eigenvalue weighted by atomic mass is 9.93. The molecule has 0 aliphatic carbocycles. The third-order valence-electron chi connectivity index (χ3n) is 7.92. The Kier molecular flexibility index (Phi) is 9.04. The Labute approximate surface area is 224 Å². The summed E-state index contributed by atoms with van der Waals surface area (Å²) < 4.78 is 6.51. The van der Waals surface area contributed by atoms with E-state index in [1.165, 1.54) is 38.9 Å². The van der Waals surface area contributed by atoms with Crippen LogP contribution in [0.3, 0.4) is 0 Å². The number of aromatic nitrogens is 1. The van der Waals surface area contributed by atoms with Crippen molar-refractivity contribution in [3.8, 4) is 17.0 Å². The summed E-state index contributed by atoms with van der Waals surface area (Å²) in [7, 11) is 2.22. The highest BCUT2D eigenvalue weighted by Gasteiger charge is 2.20. The first-order chi connectivity index (χ1) is 17.8. The average molecular weight is 500 g/mol. The maximum Gasteiger partial charge on any atom is 0.123 e. The SMILES string of the molecule is CCc1cccc(CC)c1-c1cc(CN2CCN(C)CC2)c(COc2cc(C(C)C)ccc2C)c(C)n1. The zero-order valence-electron chi connectivity index (χ0n) is 24.0. The van der Waals surface area contributed by atoms with Gasteiger partial charge in [0.1, 0.15) is 12.4 Å². The average Bonchev–Trinajstić information content (AvgIpc) is 2.89. The zero-order valence-corrected chi connectivity index (χ0v) is 24.0. The molecule has 0 radical (unpaired) electrons. The summed E-state index contributed by atoms with van der Waals surface area (Å²) >= 11 is 0. The summed E-state index contributed by atoms with van der Waals surface area (Å²) in [6.07, 6.45) is 2.02. The van der Waals surface area contributed by atoms with Gasteiger partial charge in [0.2, 0.25) is 0 Å². The highest BCUT2D eigenvalue weighted by atomic mass is 16.5. The van der Waals surface area contributed by atoms with E-state index >= 15 is 0 Å². The van der Waals surface area contributed by atoms with Crippen LogP contribution in [0.5, 0.6) is 5.75 Å². The van der Waals surface area contributed by atoms with E-state index in [0.29, 0.717) is 12.5 Å². The Morgan fingerprint density at radius 3 is 2.19 bits per heavy atom. The lowest BCUT2D eigenvalue weighted by Gasteiger charge is -2.33. The van der Waals surface area contributed by atoms with Crippen LogP contribution in [-0.4, -0.2) is 48.0 Å². The van der Waals surface area contributed by atoms with Gasteiger partial charge in [0.15, 0.2) is 0 Å². The quantitative estimate of drug-likeness (QED) is 0.319. The van der Waals surface area contributed by atoms with Gasteiger partial charge in [-0.1, -0.05) is 58.0 Å². The maximum atomic E-state index is 6.51. The lowest BCUT2D eigenvalue weighted by molar-refractivity contribution is 0.147. The minimum atomic E-state index is 0.477. The minimum Gasteiger partial charge on any atom is -0.489 e. The summed E-state index contributed by atoms with van der Waals surface area (Å²) in [5, 5.41) is 0. The zero-order chi connectivity index (χ0) is 26.5. The second-order valence-electron chi connectivity index (χ2n) is 10.9. The topological polar surface area (TPSA) is 28.6 Å². The molecule has 0 bridgehead atoms. The van der Waals surface area contributed by atoms with Crippen molar-refractivity contribution < 1.29 is 4.74 Å². The number of nitrogens with zero attached hydrogens (tertiary/aromatic N) is 3. The molecule has 4 heteroatoms. The summed E-state index contributed by atoms with van der Waals surface area (Å²) in [5.41, 5.74) is 11.3. The molecule has 1 aromatic heterocycles. The van der Waals surface area contributed by atoms with Gasteiger partial charge in [-0.05, 0) is 79.6 Å². The van der Waals surface area contributed by atoms with Crippen LogP contribution in [0.25, 0.3) is 11.3 Å². The first-order valence-corrected chi connectivity index (χ1v) is 14.0. The van der Waals surface area contributed by atoms with Gasteiger partial charge in [0, 0.05) is 49.5 Å². The van der Waals surface area contributed by atoms with Crippen LogP contribution in [0.2, 0.25) is 0 Å². The Bertz CT molecular complexity index is 1190. The van der Waals surface area contributed by atoms with E-state index in [4.69, 9.17) is 9.72 Å². The molecule has 0 spiro atoms. The standard InChI is InChI=1S/C33H45N3O/c1-8-26-11-10-12-27(9-2)33(26)31-19-29(21-36-17-15-35(7)16-18-36)30(25(6)34-31)22-37-32-20-28(23(3)4)14-13-24(32)5/h10-14,19-20,23H,8-9,15-18,21-22H2,1-7H3. The molecule has 1 saturated heterocycles. The van der Waals surface area contributed by atoms with Gasteiger partial charge in [0.25, 0.3) is 0 Å². The van der Waals surface area contributed by atoms with Crippen LogP contribution >= 0.6 is 0 Å². The first kappa shape index (κ1) is 27.3. The van der Waals surface area contributed by atoms with Gasteiger partial charge in [-0.3, -0.25) is 9.88 Å². The molecule has 37 heavy (non-hydrogen) atoms. The summed E-state index contributed by atoms with van der Waals surface area (Å²) in [6, 6.07) is 15.7.